The minimum absolute atomic E-state index is 0.0890. The molecule has 0 aromatic carbocycles. The molecule has 4 nitrogen and oxygen atoms in total. The molecule has 1 unspecified atom stereocenters. The minimum Gasteiger partial charge on any atom is -0.394 e. The molecule has 0 bridgehead atoms. The lowest BCUT2D eigenvalue weighted by Gasteiger charge is -2.32. The highest BCUT2D eigenvalue weighted by atomic mass is 16.3. The molecule has 0 spiro atoms. The van der Waals surface area contributed by atoms with Gasteiger partial charge in [0.25, 0.3) is 0 Å². The largest absolute Gasteiger partial charge is 0.394 e. The molecule has 1 aliphatic carbocycles. The Kier molecular flexibility index (Phi) is 5.82. The van der Waals surface area contributed by atoms with Crippen LogP contribution < -0.4 is 5.32 Å². The SMILES string of the molecule is CCc1cc(CC)n(CCCC(CC)(CO)NC2CC2)n1. The summed E-state index contributed by atoms with van der Waals surface area (Å²) in [4.78, 5) is 0. The molecule has 120 valence electrons. The molecular weight excluding hydrogens is 262 g/mol. The first kappa shape index (κ1) is 16.5. The van der Waals surface area contributed by atoms with Crippen LogP contribution in [0.4, 0.5) is 0 Å². The summed E-state index contributed by atoms with van der Waals surface area (Å²) in [5, 5.41) is 18.1. The first-order valence-corrected chi connectivity index (χ1v) is 8.60. The van der Waals surface area contributed by atoms with E-state index < -0.39 is 0 Å². The fraction of sp³-hybridized carbons (Fsp3) is 0.824. The third-order valence-electron chi connectivity index (χ3n) is 4.73. The van der Waals surface area contributed by atoms with Crippen molar-refractivity contribution in [3.8, 4) is 0 Å². The van der Waals surface area contributed by atoms with Crippen molar-refractivity contribution in [3.05, 3.63) is 17.5 Å². The number of hydrogen-bond donors (Lipinski definition) is 2. The van der Waals surface area contributed by atoms with E-state index >= 15 is 0 Å². The number of nitrogens with zero attached hydrogens (tertiary/aromatic N) is 2. The average molecular weight is 293 g/mol. The summed E-state index contributed by atoms with van der Waals surface area (Å²) in [6, 6.07) is 2.86. The van der Waals surface area contributed by atoms with Gasteiger partial charge in [0.15, 0.2) is 0 Å². The van der Waals surface area contributed by atoms with Gasteiger partial charge in [-0.15, -0.1) is 0 Å². The molecule has 1 aliphatic rings. The highest BCUT2D eigenvalue weighted by Crippen LogP contribution is 2.27. The van der Waals surface area contributed by atoms with Crippen LogP contribution in [-0.4, -0.2) is 33.1 Å². The molecule has 2 N–H and O–H groups in total. The number of hydrogen-bond acceptors (Lipinski definition) is 3. The quantitative estimate of drug-likeness (QED) is 0.697. The summed E-state index contributed by atoms with van der Waals surface area (Å²) in [7, 11) is 0. The Bertz CT molecular complexity index is 433. The summed E-state index contributed by atoms with van der Waals surface area (Å²) in [5.74, 6) is 0. The van der Waals surface area contributed by atoms with Crippen molar-refractivity contribution in [2.24, 2.45) is 0 Å². The van der Waals surface area contributed by atoms with E-state index in [0.29, 0.717) is 6.04 Å². The number of aryl methyl sites for hydroxylation is 3. The lowest BCUT2D eigenvalue weighted by molar-refractivity contribution is 0.140. The van der Waals surface area contributed by atoms with Gasteiger partial charge in [0, 0.05) is 23.8 Å². The number of aliphatic hydroxyl groups is 1. The Morgan fingerprint density at radius 1 is 1.33 bits per heavy atom. The summed E-state index contributed by atoms with van der Waals surface area (Å²) >= 11 is 0. The van der Waals surface area contributed by atoms with Crippen LogP contribution in [0.2, 0.25) is 0 Å². The second kappa shape index (κ2) is 7.41. The van der Waals surface area contributed by atoms with E-state index in [4.69, 9.17) is 0 Å². The highest BCUT2D eigenvalue weighted by molar-refractivity contribution is 5.10. The molecular formula is C17H31N3O. The van der Waals surface area contributed by atoms with Crippen LogP contribution in [0.15, 0.2) is 6.07 Å². The van der Waals surface area contributed by atoms with Gasteiger partial charge >= 0.3 is 0 Å². The van der Waals surface area contributed by atoms with Crippen LogP contribution in [-0.2, 0) is 19.4 Å². The number of nitrogens with one attached hydrogen (secondary N) is 1. The molecule has 0 amide bonds. The Labute approximate surface area is 128 Å². The van der Waals surface area contributed by atoms with Crippen molar-refractivity contribution in [1.29, 1.82) is 0 Å². The maximum atomic E-state index is 9.81. The van der Waals surface area contributed by atoms with Gasteiger partial charge in [-0.2, -0.15) is 5.10 Å². The molecule has 1 heterocycles. The fourth-order valence-electron chi connectivity index (χ4n) is 2.98. The van der Waals surface area contributed by atoms with Crippen LogP contribution >= 0.6 is 0 Å². The normalized spacial score (nSPS) is 17.9. The van der Waals surface area contributed by atoms with E-state index in [0.717, 1.165) is 38.6 Å². The molecule has 1 fully saturated rings. The molecule has 2 rings (SSSR count). The van der Waals surface area contributed by atoms with Gasteiger partial charge in [0.1, 0.15) is 0 Å². The van der Waals surface area contributed by atoms with Crippen molar-refractivity contribution in [2.45, 2.75) is 83.8 Å². The first-order valence-electron chi connectivity index (χ1n) is 8.60. The number of aliphatic hydroxyl groups excluding tert-OH is 1. The van der Waals surface area contributed by atoms with E-state index in [1.54, 1.807) is 0 Å². The third kappa shape index (κ3) is 4.30. The summed E-state index contributed by atoms with van der Waals surface area (Å²) in [6.07, 6.45) is 7.62. The van der Waals surface area contributed by atoms with Gasteiger partial charge in [-0.1, -0.05) is 20.8 Å². The zero-order valence-corrected chi connectivity index (χ0v) is 13.9. The molecule has 0 aliphatic heterocycles. The van der Waals surface area contributed by atoms with Crippen LogP contribution in [0.25, 0.3) is 0 Å². The lowest BCUT2D eigenvalue weighted by atomic mass is 9.91. The third-order valence-corrected chi connectivity index (χ3v) is 4.73. The number of aromatic nitrogens is 2. The van der Waals surface area contributed by atoms with E-state index in [2.05, 4.69) is 41.9 Å². The predicted octanol–water partition coefficient (Wildman–Crippen LogP) is 2.68. The number of rotatable bonds is 10. The average Bonchev–Trinajstić information content (AvgIpc) is 3.23. The Balaban J connectivity index is 1.90. The molecule has 1 saturated carbocycles. The highest BCUT2D eigenvalue weighted by Gasteiger charge is 2.33. The Morgan fingerprint density at radius 3 is 2.62 bits per heavy atom. The first-order chi connectivity index (χ1) is 10.2. The van der Waals surface area contributed by atoms with Crippen LogP contribution in [0.1, 0.15) is 64.3 Å². The van der Waals surface area contributed by atoms with E-state index in [-0.39, 0.29) is 12.1 Å². The molecule has 1 aromatic heterocycles. The molecule has 1 aromatic rings. The van der Waals surface area contributed by atoms with Gasteiger partial charge < -0.3 is 10.4 Å². The Hall–Kier alpha value is -0.870. The predicted molar refractivity (Wildman–Crippen MR) is 86.5 cm³/mol. The monoisotopic (exact) mass is 293 g/mol. The molecule has 1 atom stereocenters. The second-order valence-electron chi connectivity index (χ2n) is 6.37. The fourth-order valence-corrected chi connectivity index (χ4v) is 2.98. The molecule has 4 heteroatoms. The molecule has 0 radical (unpaired) electrons. The van der Waals surface area contributed by atoms with E-state index in [1.165, 1.54) is 24.2 Å². The summed E-state index contributed by atoms with van der Waals surface area (Å²) < 4.78 is 2.16. The zero-order chi connectivity index (χ0) is 15.3. The summed E-state index contributed by atoms with van der Waals surface area (Å²) in [6.45, 7) is 7.70. The van der Waals surface area contributed by atoms with Crippen molar-refractivity contribution in [1.82, 2.24) is 15.1 Å². The van der Waals surface area contributed by atoms with Crippen LogP contribution in [0.3, 0.4) is 0 Å². The van der Waals surface area contributed by atoms with Crippen molar-refractivity contribution in [3.63, 3.8) is 0 Å². The topological polar surface area (TPSA) is 50.1 Å². The van der Waals surface area contributed by atoms with Crippen LogP contribution in [0.5, 0.6) is 0 Å². The van der Waals surface area contributed by atoms with Gasteiger partial charge in [-0.3, -0.25) is 4.68 Å². The summed E-state index contributed by atoms with van der Waals surface area (Å²) in [5.41, 5.74) is 2.42. The standard InChI is InChI=1S/C17H31N3O/c1-4-14-12-16(5-2)20(19-14)11-7-10-17(6-3,13-21)18-15-8-9-15/h12,15,18,21H,4-11,13H2,1-3H3. The lowest BCUT2D eigenvalue weighted by Crippen LogP contribution is -2.49. The van der Waals surface area contributed by atoms with E-state index in [1.807, 2.05) is 0 Å². The van der Waals surface area contributed by atoms with Gasteiger partial charge in [-0.05, 0) is 51.0 Å². The van der Waals surface area contributed by atoms with Crippen molar-refractivity contribution < 1.29 is 5.11 Å². The maximum absolute atomic E-state index is 9.81. The van der Waals surface area contributed by atoms with Gasteiger partial charge in [0.05, 0.1) is 12.3 Å². The van der Waals surface area contributed by atoms with Crippen molar-refractivity contribution >= 4 is 0 Å². The van der Waals surface area contributed by atoms with E-state index in [9.17, 15) is 5.11 Å². The smallest absolute Gasteiger partial charge is 0.0624 e. The minimum atomic E-state index is -0.0890. The molecule has 0 saturated heterocycles. The molecule has 21 heavy (non-hydrogen) atoms. The maximum Gasteiger partial charge on any atom is 0.0624 e. The van der Waals surface area contributed by atoms with Gasteiger partial charge in [-0.25, -0.2) is 0 Å². The van der Waals surface area contributed by atoms with Crippen molar-refractivity contribution in [2.75, 3.05) is 6.61 Å². The Morgan fingerprint density at radius 2 is 2.10 bits per heavy atom. The zero-order valence-electron chi connectivity index (χ0n) is 13.9. The van der Waals surface area contributed by atoms with Crippen LogP contribution in [0, 0.1) is 0 Å². The second-order valence-corrected chi connectivity index (χ2v) is 6.37. The van der Waals surface area contributed by atoms with Gasteiger partial charge in [0.2, 0.25) is 0 Å².